The molecule has 0 N–H and O–H groups in total. The third-order valence-electron chi connectivity index (χ3n) is 3.72. The second-order valence-corrected chi connectivity index (χ2v) is 6.05. The van der Waals surface area contributed by atoms with E-state index in [1.54, 1.807) is 24.3 Å². The largest absolute Gasteiger partial charge is 0.459 e. The maximum Gasteiger partial charge on any atom is 0.261 e. The van der Waals surface area contributed by atoms with Gasteiger partial charge in [-0.3, -0.25) is 14.5 Å². The Morgan fingerprint density at radius 3 is 2.32 bits per heavy atom. The predicted molar refractivity (Wildman–Crippen MR) is 84.6 cm³/mol. The van der Waals surface area contributed by atoms with Gasteiger partial charge in [-0.05, 0) is 36.4 Å². The van der Waals surface area contributed by atoms with Crippen LogP contribution in [0.5, 0.6) is 0 Å². The van der Waals surface area contributed by atoms with Crippen LogP contribution in [-0.4, -0.2) is 16.7 Å². The molecule has 0 aliphatic carbocycles. The molecule has 0 radical (unpaired) electrons. The number of hydrogen-bond donors (Lipinski definition) is 0. The van der Waals surface area contributed by atoms with Gasteiger partial charge in [-0.15, -0.1) is 0 Å². The van der Waals surface area contributed by atoms with Crippen molar-refractivity contribution >= 4 is 38.7 Å². The molecule has 0 saturated carbocycles. The fraction of sp³-hybridized carbons (Fsp3) is 0.0588. The monoisotopic (exact) mass is 355 g/mol. The number of furan rings is 1. The van der Waals surface area contributed by atoms with Gasteiger partial charge in [0.25, 0.3) is 11.8 Å². The van der Waals surface area contributed by atoms with E-state index < -0.39 is 0 Å². The molecular weight excluding hydrogens is 346 g/mol. The molecule has 0 unspecified atom stereocenters. The number of carbonyl (C=O) groups is 2. The minimum absolute atomic E-state index is 0.138. The number of nitrogens with zero attached hydrogens (tertiary/aromatic N) is 1. The van der Waals surface area contributed by atoms with Gasteiger partial charge in [-0.2, -0.15) is 0 Å². The number of carbonyl (C=O) groups excluding carboxylic acids is 2. The van der Waals surface area contributed by atoms with Crippen LogP contribution in [-0.2, 0) is 6.54 Å². The van der Waals surface area contributed by atoms with Crippen molar-refractivity contribution in [3.8, 4) is 0 Å². The van der Waals surface area contributed by atoms with Crippen molar-refractivity contribution in [1.29, 1.82) is 0 Å². The molecule has 4 nitrogen and oxygen atoms in total. The summed E-state index contributed by atoms with van der Waals surface area (Å²) >= 11 is 3.41. The van der Waals surface area contributed by atoms with Gasteiger partial charge in [0.2, 0.25) is 0 Å². The van der Waals surface area contributed by atoms with E-state index in [0.717, 1.165) is 15.4 Å². The summed E-state index contributed by atoms with van der Waals surface area (Å²) in [5.74, 6) is 0.0343. The summed E-state index contributed by atoms with van der Waals surface area (Å²) < 4.78 is 6.67. The van der Waals surface area contributed by atoms with Crippen molar-refractivity contribution in [2.45, 2.75) is 6.54 Å². The Kier molecular flexibility index (Phi) is 2.90. The number of halogens is 1. The Labute approximate surface area is 134 Å². The highest BCUT2D eigenvalue weighted by atomic mass is 79.9. The number of amides is 2. The van der Waals surface area contributed by atoms with Crippen LogP contribution < -0.4 is 0 Å². The van der Waals surface area contributed by atoms with Crippen molar-refractivity contribution < 1.29 is 14.0 Å². The lowest BCUT2D eigenvalue weighted by molar-refractivity contribution is 0.0632. The van der Waals surface area contributed by atoms with Crippen molar-refractivity contribution in [1.82, 2.24) is 4.90 Å². The molecule has 1 aliphatic rings. The minimum atomic E-state index is -0.276. The van der Waals surface area contributed by atoms with Crippen LogP contribution in [0.3, 0.4) is 0 Å². The predicted octanol–water partition coefficient (Wildman–Crippen LogP) is 3.99. The zero-order valence-electron chi connectivity index (χ0n) is 11.4. The summed E-state index contributed by atoms with van der Waals surface area (Å²) in [6, 6.07) is 14.4. The minimum Gasteiger partial charge on any atom is -0.459 e. The van der Waals surface area contributed by atoms with Gasteiger partial charge < -0.3 is 4.42 Å². The van der Waals surface area contributed by atoms with Crippen molar-refractivity contribution in [2.24, 2.45) is 0 Å². The fourth-order valence-corrected chi connectivity index (χ4v) is 3.06. The quantitative estimate of drug-likeness (QED) is 0.653. The summed E-state index contributed by atoms with van der Waals surface area (Å²) in [6.07, 6.45) is 0. The molecule has 3 aromatic rings. The Morgan fingerprint density at radius 2 is 1.64 bits per heavy atom. The molecule has 4 rings (SSSR count). The molecule has 0 spiro atoms. The van der Waals surface area contributed by atoms with Crippen LogP contribution in [0.15, 0.2) is 57.4 Å². The van der Waals surface area contributed by atoms with Crippen LogP contribution >= 0.6 is 15.9 Å². The molecule has 1 aromatic heterocycles. The maximum atomic E-state index is 12.3. The van der Waals surface area contributed by atoms with Gasteiger partial charge in [0, 0.05) is 9.86 Å². The summed E-state index contributed by atoms with van der Waals surface area (Å²) in [7, 11) is 0. The van der Waals surface area contributed by atoms with Crippen molar-refractivity contribution in [3.05, 3.63) is 69.9 Å². The molecule has 0 bridgehead atoms. The highest BCUT2D eigenvalue weighted by Gasteiger charge is 2.35. The molecule has 2 aromatic carbocycles. The van der Waals surface area contributed by atoms with E-state index in [9.17, 15) is 9.59 Å². The van der Waals surface area contributed by atoms with Crippen LogP contribution in [0.4, 0.5) is 0 Å². The molecule has 2 amide bonds. The highest BCUT2D eigenvalue weighted by molar-refractivity contribution is 9.10. The maximum absolute atomic E-state index is 12.3. The molecule has 2 heterocycles. The highest BCUT2D eigenvalue weighted by Crippen LogP contribution is 2.27. The molecular formula is C17H10BrNO3. The smallest absolute Gasteiger partial charge is 0.261 e. The SMILES string of the molecule is O=C1c2ccccc2C(=O)N1Cc1cc2cc(Br)ccc2o1. The molecule has 108 valence electrons. The third-order valence-corrected chi connectivity index (χ3v) is 4.21. The first-order chi connectivity index (χ1) is 10.6. The van der Waals surface area contributed by atoms with E-state index in [1.165, 1.54) is 4.90 Å². The van der Waals surface area contributed by atoms with E-state index in [-0.39, 0.29) is 18.4 Å². The van der Waals surface area contributed by atoms with E-state index in [2.05, 4.69) is 15.9 Å². The Bertz CT molecular complexity index is 894. The lowest BCUT2D eigenvalue weighted by atomic mass is 10.1. The second-order valence-electron chi connectivity index (χ2n) is 5.14. The number of benzene rings is 2. The van der Waals surface area contributed by atoms with Crippen LogP contribution in [0, 0.1) is 0 Å². The third kappa shape index (κ3) is 1.97. The molecule has 0 fully saturated rings. The number of rotatable bonds is 2. The van der Waals surface area contributed by atoms with Gasteiger partial charge in [0.15, 0.2) is 0 Å². The van der Waals surface area contributed by atoms with E-state index in [4.69, 9.17) is 4.42 Å². The average Bonchev–Trinajstić information content (AvgIpc) is 3.02. The van der Waals surface area contributed by atoms with Crippen molar-refractivity contribution in [2.75, 3.05) is 0 Å². The Morgan fingerprint density at radius 1 is 0.955 bits per heavy atom. The molecule has 5 heteroatoms. The first-order valence-corrected chi connectivity index (χ1v) is 7.56. The molecule has 0 atom stereocenters. The van der Waals surface area contributed by atoms with E-state index in [0.29, 0.717) is 16.9 Å². The first kappa shape index (κ1) is 13.3. The van der Waals surface area contributed by atoms with Gasteiger partial charge >= 0.3 is 0 Å². The first-order valence-electron chi connectivity index (χ1n) is 6.77. The Balaban J connectivity index is 1.69. The molecule has 0 saturated heterocycles. The number of imide groups is 1. The zero-order valence-corrected chi connectivity index (χ0v) is 13.0. The van der Waals surface area contributed by atoms with E-state index in [1.807, 2.05) is 24.3 Å². The zero-order chi connectivity index (χ0) is 15.3. The summed E-state index contributed by atoms with van der Waals surface area (Å²) in [5, 5.41) is 0.931. The van der Waals surface area contributed by atoms with Crippen LogP contribution in [0.2, 0.25) is 0 Å². The standard InChI is InChI=1S/C17H10BrNO3/c18-11-5-6-15-10(7-11)8-12(22-15)9-19-16(20)13-3-1-2-4-14(13)17(19)21/h1-8H,9H2. The molecule has 22 heavy (non-hydrogen) atoms. The summed E-state index contributed by atoms with van der Waals surface area (Å²) in [5.41, 5.74) is 1.63. The number of hydrogen-bond acceptors (Lipinski definition) is 3. The summed E-state index contributed by atoms with van der Waals surface area (Å²) in [4.78, 5) is 25.9. The van der Waals surface area contributed by atoms with Gasteiger partial charge in [-0.1, -0.05) is 28.1 Å². The second kappa shape index (κ2) is 4.81. The van der Waals surface area contributed by atoms with Crippen LogP contribution in [0.1, 0.15) is 26.5 Å². The molecule has 1 aliphatic heterocycles. The van der Waals surface area contributed by atoms with Gasteiger partial charge in [-0.25, -0.2) is 0 Å². The fourth-order valence-electron chi connectivity index (χ4n) is 2.69. The van der Waals surface area contributed by atoms with E-state index >= 15 is 0 Å². The van der Waals surface area contributed by atoms with Gasteiger partial charge in [0.05, 0.1) is 17.7 Å². The number of fused-ring (bicyclic) bond motifs is 2. The van der Waals surface area contributed by atoms with Crippen LogP contribution in [0.25, 0.3) is 11.0 Å². The average molecular weight is 356 g/mol. The summed E-state index contributed by atoms with van der Waals surface area (Å²) in [6.45, 7) is 0.138. The Hall–Kier alpha value is -2.40. The van der Waals surface area contributed by atoms with Gasteiger partial charge in [0.1, 0.15) is 11.3 Å². The lowest BCUT2D eigenvalue weighted by Crippen LogP contribution is -2.28. The topological polar surface area (TPSA) is 50.5 Å². The lowest BCUT2D eigenvalue weighted by Gasteiger charge is -2.11. The normalized spacial score (nSPS) is 14.0. The van der Waals surface area contributed by atoms with Crippen molar-refractivity contribution in [3.63, 3.8) is 0 Å².